The van der Waals surface area contributed by atoms with Crippen molar-refractivity contribution >= 4 is 29.7 Å². The Bertz CT molecular complexity index is 85.7. The molecule has 0 atom stereocenters. The number of hydrogen-bond acceptors (Lipinski definition) is 4. The van der Waals surface area contributed by atoms with E-state index in [-0.39, 0.29) is 0 Å². The normalized spacial score (nSPS) is 11.9. The van der Waals surface area contributed by atoms with Gasteiger partial charge in [0, 0.05) is 14.2 Å². The number of hydrogen-bond donors (Lipinski definition) is 0. The van der Waals surface area contributed by atoms with E-state index in [2.05, 4.69) is 33.1 Å². The minimum absolute atomic E-state index is 1.46. The summed E-state index contributed by atoms with van der Waals surface area (Å²) >= 11 is 9.25. The van der Waals surface area contributed by atoms with Gasteiger partial charge in [-0.15, -0.1) is 0 Å². The molecule has 0 rings (SSSR count). The fourth-order valence-corrected chi connectivity index (χ4v) is 0.224. The molecule has 0 radical (unpaired) electrons. The van der Waals surface area contributed by atoms with Gasteiger partial charge in [-0.2, -0.15) is 0 Å². The Kier molecular flexibility index (Phi) is 3.45. The minimum Gasteiger partial charge on any atom is -0.691 e. The first-order chi connectivity index (χ1) is 3.12. The molecule has 7 heavy (non-hydrogen) atoms. The standard InChI is InChI=1S/C2H7O2PS2/c1-3-5(6,7)4-2/h1-2H3,(H,6,7)/p-1. The maximum atomic E-state index is 4.63. The first kappa shape index (κ1) is 7.92. The monoisotopic (exact) mass is 157 g/mol. The van der Waals surface area contributed by atoms with Gasteiger partial charge in [0.25, 0.3) is 0 Å². The van der Waals surface area contributed by atoms with Crippen LogP contribution in [-0.4, -0.2) is 14.2 Å². The zero-order chi connectivity index (χ0) is 5.91. The van der Waals surface area contributed by atoms with Crippen LogP contribution in [0.25, 0.3) is 0 Å². The average molecular weight is 157 g/mol. The molecule has 0 aromatic heterocycles. The SMILES string of the molecule is COP(=S)([S-])OC. The van der Waals surface area contributed by atoms with Crippen molar-refractivity contribution in [3.8, 4) is 0 Å². The highest BCUT2D eigenvalue weighted by molar-refractivity contribution is 8.51. The van der Waals surface area contributed by atoms with Crippen molar-refractivity contribution in [1.29, 1.82) is 0 Å². The zero-order valence-corrected chi connectivity index (χ0v) is 6.61. The first-order valence-corrected chi connectivity index (χ1v) is 5.20. The second-order valence-corrected chi connectivity index (χ2v) is 6.01. The van der Waals surface area contributed by atoms with Crippen molar-refractivity contribution < 1.29 is 9.05 Å². The molecule has 0 saturated carbocycles. The van der Waals surface area contributed by atoms with E-state index in [9.17, 15) is 0 Å². The largest absolute Gasteiger partial charge is 0.691 e. The third kappa shape index (κ3) is 3.50. The summed E-state index contributed by atoms with van der Waals surface area (Å²) in [6.07, 6.45) is 0. The third-order valence-corrected chi connectivity index (χ3v) is 3.13. The van der Waals surface area contributed by atoms with Crippen molar-refractivity contribution in [1.82, 2.24) is 0 Å². The maximum Gasteiger partial charge on any atom is 0.0555 e. The topological polar surface area (TPSA) is 18.5 Å². The highest BCUT2D eigenvalue weighted by Gasteiger charge is 1.89. The molecule has 0 aliphatic rings. The summed E-state index contributed by atoms with van der Waals surface area (Å²) in [5.41, 5.74) is -2.24. The van der Waals surface area contributed by atoms with Gasteiger partial charge in [-0.25, -0.2) is 0 Å². The Hall–Kier alpha value is 0.920. The minimum atomic E-state index is -2.24. The summed E-state index contributed by atoms with van der Waals surface area (Å²) in [4.78, 5) is 0. The Morgan fingerprint density at radius 3 is 1.71 bits per heavy atom. The summed E-state index contributed by atoms with van der Waals surface area (Å²) in [5, 5.41) is 0. The molecular formula is C2H6O2PS2-. The van der Waals surface area contributed by atoms with Gasteiger partial charge in [-0.1, -0.05) is 11.8 Å². The van der Waals surface area contributed by atoms with Gasteiger partial charge in [0.15, 0.2) is 0 Å². The molecule has 44 valence electrons. The van der Waals surface area contributed by atoms with Crippen molar-refractivity contribution in [2.75, 3.05) is 14.2 Å². The van der Waals surface area contributed by atoms with Crippen LogP contribution in [-0.2, 0) is 33.1 Å². The molecule has 0 aliphatic carbocycles. The third-order valence-electron chi connectivity index (χ3n) is 0.447. The molecule has 5 heteroatoms. The molecule has 2 nitrogen and oxygen atoms in total. The lowest BCUT2D eigenvalue weighted by atomic mass is 11.8. The fraction of sp³-hybridized carbons (Fsp3) is 1.00. The molecule has 0 saturated heterocycles. The Morgan fingerprint density at radius 2 is 1.71 bits per heavy atom. The van der Waals surface area contributed by atoms with Crippen LogP contribution >= 0.6 is 5.69 Å². The lowest BCUT2D eigenvalue weighted by Crippen LogP contribution is -1.79. The lowest BCUT2D eigenvalue weighted by molar-refractivity contribution is 0.354. The molecule has 0 aromatic rings. The highest BCUT2D eigenvalue weighted by Crippen LogP contribution is 2.43. The quantitative estimate of drug-likeness (QED) is 0.440. The Morgan fingerprint density at radius 1 is 1.43 bits per heavy atom. The van der Waals surface area contributed by atoms with Crippen molar-refractivity contribution in [3.05, 3.63) is 0 Å². The molecule has 0 unspecified atom stereocenters. The summed E-state index contributed by atoms with van der Waals surface area (Å²) in [6.45, 7) is 0. The van der Waals surface area contributed by atoms with E-state index >= 15 is 0 Å². The molecule has 0 bridgehead atoms. The average Bonchev–Trinajstić information content (AvgIpc) is 1.68. The highest BCUT2D eigenvalue weighted by atomic mass is 32.9. The van der Waals surface area contributed by atoms with Gasteiger partial charge in [-0.05, 0) is 0 Å². The van der Waals surface area contributed by atoms with E-state index < -0.39 is 5.69 Å². The van der Waals surface area contributed by atoms with Crippen LogP contribution < -0.4 is 0 Å². The summed E-state index contributed by atoms with van der Waals surface area (Å²) in [5.74, 6) is 0. The van der Waals surface area contributed by atoms with Crippen molar-refractivity contribution in [2.45, 2.75) is 0 Å². The summed E-state index contributed by atoms with van der Waals surface area (Å²) < 4.78 is 9.21. The van der Waals surface area contributed by atoms with Gasteiger partial charge < -0.3 is 21.3 Å². The smallest absolute Gasteiger partial charge is 0.0555 e. The van der Waals surface area contributed by atoms with Crippen LogP contribution in [0.5, 0.6) is 0 Å². The van der Waals surface area contributed by atoms with Crippen molar-refractivity contribution in [3.63, 3.8) is 0 Å². The van der Waals surface area contributed by atoms with E-state index in [1.807, 2.05) is 0 Å². The molecular weight excluding hydrogens is 151 g/mol. The zero-order valence-electron chi connectivity index (χ0n) is 4.08. The van der Waals surface area contributed by atoms with Gasteiger partial charge in [0.1, 0.15) is 0 Å². The molecule has 0 aliphatic heterocycles. The summed E-state index contributed by atoms with van der Waals surface area (Å²) in [7, 11) is 2.91. The van der Waals surface area contributed by atoms with E-state index in [4.69, 9.17) is 0 Å². The predicted molar refractivity (Wildman–Crippen MR) is 35.7 cm³/mol. The number of rotatable bonds is 2. The molecule has 0 fully saturated rings. The second kappa shape index (κ2) is 3.05. The lowest BCUT2D eigenvalue weighted by Gasteiger charge is -2.22. The molecule has 0 amide bonds. The molecule has 0 N–H and O–H groups in total. The van der Waals surface area contributed by atoms with Gasteiger partial charge in [0.2, 0.25) is 0 Å². The van der Waals surface area contributed by atoms with Crippen LogP contribution in [0, 0.1) is 0 Å². The van der Waals surface area contributed by atoms with Crippen LogP contribution in [0.2, 0.25) is 0 Å². The van der Waals surface area contributed by atoms with Gasteiger partial charge in [0.05, 0.1) is 5.69 Å². The molecule has 0 aromatic carbocycles. The first-order valence-electron chi connectivity index (χ1n) is 1.55. The van der Waals surface area contributed by atoms with Crippen LogP contribution in [0.15, 0.2) is 0 Å². The predicted octanol–water partition coefficient (Wildman–Crippen LogP) is 1.05. The van der Waals surface area contributed by atoms with E-state index in [1.54, 1.807) is 0 Å². The second-order valence-electron chi connectivity index (χ2n) is 0.812. The fourth-order valence-electron chi connectivity index (χ4n) is 0.0745. The van der Waals surface area contributed by atoms with Crippen LogP contribution in [0.4, 0.5) is 0 Å². The Labute approximate surface area is 53.5 Å². The van der Waals surface area contributed by atoms with Gasteiger partial charge >= 0.3 is 0 Å². The van der Waals surface area contributed by atoms with Gasteiger partial charge in [-0.3, -0.25) is 0 Å². The van der Waals surface area contributed by atoms with E-state index in [0.29, 0.717) is 0 Å². The molecule has 0 spiro atoms. The maximum absolute atomic E-state index is 4.63. The molecule has 0 heterocycles. The Balaban J connectivity index is 3.61. The van der Waals surface area contributed by atoms with E-state index in [0.717, 1.165) is 0 Å². The van der Waals surface area contributed by atoms with Crippen LogP contribution in [0.1, 0.15) is 0 Å². The van der Waals surface area contributed by atoms with Crippen molar-refractivity contribution in [2.24, 2.45) is 0 Å². The van der Waals surface area contributed by atoms with Crippen LogP contribution in [0.3, 0.4) is 0 Å². The summed E-state index contributed by atoms with van der Waals surface area (Å²) in [6, 6.07) is 0. The van der Waals surface area contributed by atoms with E-state index in [1.165, 1.54) is 14.2 Å².